The van der Waals surface area contributed by atoms with Crippen LogP contribution in [0.4, 0.5) is 0 Å². The number of rotatable bonds is 1. The standard InChI is InChI=1S/C11H16N2/c1-7(2)13-6-10-8-3-4-9(5-8)11(10)12-13/h6-9H,3-5H2,1-2H3. The molecule has 1 fully saturated rings. The summed E-state index contributed by atoms with van der Waals surface area (Å²) < 4.78 is 2.13. The maximum absolute atomic E-state index is 4.69. The topological polar surface area (TPSA) is 17.8 Å². The van der Waals surface area contributed by atoms with Gasteiger partial charge in [-0.2, -0.15) is 5.10 Å². The van der Waals surface area contributed by atoms with Gasteiger partial charge in [0.15, 0.2) is 0 Å². The van der Waals surface area contributed by atoms with Gasteiger partial charge in [0.25, 0.3) is 0 Å². The number of nitrogens with zero attached hydrogens (tertiary/aromatic N) is 2. The van der Waals surface area contributed by atoms with Crippen molar-refractivity contribution in [3.63, 3.8) is 0 Å². The second kappa shape index (κ2) is 2.37. The van der Waals surface area contributed by atoms with Crippen LogP contribution in [0.1, 0.15) is 62.2 Å². The van der Waals surface area contributed by atoms with E-state index in [1.54, 1.807) is 5.56 Å². The molecule has 2 unspecified atom stereocenters. The Morgan fingerprint density at radius 2 is 2.15 bits per heavy atom. The molecule has 1 heterocycles. The van der Waals surface area contributed by atoms with Gasteiger partial charge in [-0.15, -0.1) is 0 Å². The van der Waals surface area contributed by atoms with E-state index in [4.69, 9.17) is 0 Å². The fourth-order valence-electron chi connectivity index (χ4n) is 2.83. The van der Waals surface area contributed by atoms with Gasteiger partial charge in [-0.25, -0.2) is 0 Å². The Labute approximate surface area is 78.9 Å². The summed E-state index contributed by atoms with van der Waals surface area (Å²) >= 11 is 0. The summed E-state index contributed by atoms with van der Waals surface area (Å²) in [5.74, 6) is 1.66. The van der Waals surface area contributed by atoms with Crippen molar-refractivity contribution >= 4 is 0 Å². The van der Waals surface area contributed by atoms with Crippen molar-refractivity contribution in [2.24, 2.45) is 0 Å². The first-order valence-electron chi connectivity index (χ1n) is 5.34. The molecule has 0 saturated heterocycles. The maximum Gasteiger partial charge on any atom is 0.0690 e. The predicted octanol–water partition coefficient (Wildman–Crippen LogP) is 2.83. The van der Waals surface area contributed by atoms with E-state index in [0.717, 1.165) is 11.8 Å². The van der Waals surface area contributed by atoms with Crippen molar-refractivity contribution in [1.29, 1.82) is 0 Å². The molecule has 0 amide bonds. The zero-order chi connectivity index (χ0) is 9.00. The summed E-state index contributed by atoms with van der Waals surface area (Å²) in [6.45, 7) is 4.40. The molecule has 0 spiro atoms. The normalized spacial score (nSPS) is 30.1. The first-order chi connectivity index (χ1) is 6.25. The Bertz CT molecular complexity index is 310. The number of aromatic nitrogens is 2. The lowest BCUT2D eigenvalue weighted by Crippen LogP contribution is -2.02. The smallest absolute Gasteiger partial charge is 0.0690 e. The largest absolute Gasteiger partial charge is 0.270 e. The van der Waals surface area contributed by atoms with Gasteiger partial charge < -0.3 is 0 Å². The average molecular weight is 176 g/mol. The van der Waals surface area contributed by atoms with Crippen LogP contribution in [0.2, 0.25) is 0 Å². The lowest BCUT2D eigenvalue weighted by Gasteiger charge is -2.06. The third-order valence-corrected chi connectivity index (χ3v) is 3.58. The van der Waals surface area contributed by atoms with Gasteiger partial charge in [-0.05, 0) is 44.6 Å². The summed E-state index contributed by atoms with van der Waals surface area (Å²) in [5, 5.41) is 4.69. The summed E-state index contributed by atoms with van der Waals surface area (Å²) in [7, 11) is 0. The molecule has 2 aliphatic carbocycles. The van der Waals surface area contributed by atoms with Crippen LogP contribution in [0.15, 0.2) is 6.20 Å². The fourth-order valence-corrected chi connectivity index (χ4v) is 2.83. The molecule has 0 N–H and O–H groups in total. The molecule has 2 atom stereocenters. The van der Waals surface area contributed by atoms with Gasteiger partial charge in [0.05, 0.1) is 5.69 Å². The van der Waals surface area contributed by atoms with Gasteiger partial charge in [0.1, 0.15) is 0 Å². The molecule has 0 aromatic carbocycles. The van der Waals surface area contributed by atoms with Crippen LogP contribution in [-0.2, 0) is 0 Å². The van der Waals surface area contributed by atoms with Gasteiger partial charge in [0.2, 0.25) is 0 Å². The monoisotopic (exact) mass is 176 g/mol. The molecule has 2 nitrogen and oxygen atoms in total. The first kappa shape index (κ1) is 7.60. The molecule has 3 rings (SSSR count). The minimum absolute atomic E-state index is 0.519. The minimum Gasteiger partial charge on any atom is -0.270 e. The summed E-state index contributed by atoms with van der Waals surface area (Å²) in [4.78, 5) is 0. The van der Waals surface area contributed by atoms with Crippen molar-refractivity contribution in [1.82, 2.24) is 9.78 Å². The average Bonchev–Trinajstić information content (AvgIpc) is 2.76. The van der Waals surface area contributed by atoms with E-state index in [0.29, 0.717) is 6.04 Å². The summed E-state index contributed by atoms with van der Waals surface area (Å²) in [6.07, 6.45) is 6.45. The maximum atomic E-state index is 4.69. The fraction of sp³-hybridized carbons (Fsp3) is 0.727. The quantitative estimate of drug-likeness (QED) is 0.643. The summed E-state index contributed by atoms with van der Waals surface area (Å²) in [6, 6.07) is 0.519. The van der Waals surface area contributed by atoms with Gasteiger partial charge in [0, 0.05) is 18.2 Å². The molecule has 2 heteroatoms. The third kappa shape index (κ3) is 0.917. The van der Waals surface area contributed by atoms with Gasteiger partial charge >= 0.3 is 0 Å². The van der Waals surface area contributed by atoms with E-state index >= 15 is 0 Å². The Morgan fingerprint density at radius 3 is 2.85 bits per heavy atom. The molecular weight excluding hydrogens is 160 g/mol. The Hall–Kier alpha value is -0.790. The SMILES string of the molecule is CC(C)n1cc2c(n1)C1CCC2C1. The number of hydrogen-bond acceptors (Lipinski definition) is 1. The minimum atomic E-state index is 0.519. The summed E-state index contributed by atoms with van der Waals surface area (Å²) in [5.41, 5.74) is 2.98. The van der Waals surface area contributed by atoms with Gasteiger partial charge in [-0.1, -0.05) is 0 Å². The zero-order valence-corrected chi connectivity index (χ0v) is 8.33. The number of hydrogen-bond donors (Lipinski definition) is 0. The van der Waals surface area contributed by atoms with Crippen LogP contribution in [0, 0.1) is 0 Å². The second-order valence-electron chi connectivity index (χ2n) is 4.75. The molecule has 70 valence electrons. The van der Waals surface area contributed by atoms with Crippen LogP contribution < -0.4 is 0 Å². The van der Waals surface area contributed by atoms with Crippen molar-refractivity contribution in [2.45, 2.75) is 51.0 Å². The van der Waals surface area contributed by atoms with E-state index in [1.165, 1.54) is 25.0 Å². The van der Waals surface area contributed by atoms with E-state index in [9.17, 15) is 0 Å². The molecule has 1 saturated carbocycles. The second-order valence-corrected chi connectivity index (χ2v) is 4.75. The van der Waals surface area contributed by atoms with Crippen molar-refractivity contribution in [3.8, 4) is 0 Å². The molecule has 2 bridgehead atoms. The third-order valence-electron chi connectivity index (χ3n) is 3.58. The molecule has 0 aliphatic heterocycles. The molecule has 2 aliphatic rings. The highest BCUT2D eigenvalue weighted by molar-refractivity contribution is 5.34. The lowest BCUT2D eigenvalue weighted by atomic mass is 9.99. The molecule has 1 aromatic heterocycles. The van der Waals surface area contributed by atoms with E-state index < -0.39 is 0 Å². The number of fused-ring (bicyclic) bond motifs is 5. The molecule has 0 radical (unpaired) electrons. The predicted molar refractivity (Wildman–Crippen MR) is 51.9 cm³/mol. The molecular formula is C11H16N2. The highest BCUT2D eigenvalue weighted by Gasteiger charge is 2.39. The van der Waals surface area contributed by atoms with Crippen molar-refractivity contribution in [2.75, 3.05) is 0 Å². The highest BCUT2D eigenvalue weighted by atomic mass is 15.3. The first-order valence-corrected chi connectivity index (χ1v) is 5.34. The molecule has 13 heavy (non-hydrogen) atoms. The van der Waals surface area contributed by atoms with Crippen molar-refractivity contribution < 1.29 is 0 Å². The van der Waals surface area contributed by atoms with Crippen LogP contribution in [0.3, 0.4) is 0 Å². The van der Waals surface area contributed by atoms with Crippen LogP contribution in [0.5, 0.6) is 0 Å². The highest BCUT2D eigenvalue weighted by Crippen LogP contribution is 2.52. The van der Waals surface area contributed by atoms with Crippen LogP contribution >= 0.6 is 0 Å². The van der Waals surface area contributed by atoms with Crippen molar-refractivity contribution in [3.05, 3.63) is 17.5 Å². The zero-order valence-electron chi connectivity index (χ0n) is 8.33. The van der Waals surface area contributed by atoms with Gasteiger partial charge in [-0.3, -0.25) is 4.68 Å². The van der Waals surface area contributed by atoms with E-state index in [-0.39, 0.29) is 0 Å². The lowest BCUT2D eigenvalue weighted by molar-refractivity contribution is 0.517. The molecule has 1 aromatic rings. The Morgan fingerprint density at radius 1 is 1.38 bits per heavy atom. The Kier molecular flexibility index (Phi) is 1.38. The van der Waals surface area contributed by atoms with Crippen LogP contribution in [0.25, 0.3) is 0 Å². The van der Waals surface area contributed by atoms with E-state index in [2.05, 4.69) is 29.8 Å². The van der Waals surface area contributed by atoms with E-state index in [1.807, 2.05) is 0 Å². The Balaban J connectivity index is 2.07. The van der Waals surface area contributed by atoms with Crippen LogP contribution in [-0.4, -0.2) is 9.78 Å².